The molecule has 0 amide bonds. The fourth-order valence-corrected chi connectivity index (χ4v) is 4.48. The maximum absolute atomic E-state index is 12.8. The number of rotatable bonds is 3. The van der Waals surface area contributed by atoms with Gasteiger partial charge < -0.3 is 10.0 Å². The maximum atomic E-state index is 12.8. The van der Waals surface area contributed by atoms with Crippen molar-refractivity contribution in [3.63, 3.8) is 0 Å². The SMILES string of the molecule is Cc1ccc(S(=O)(=O)N2CCN(c3ccccc3O)CC2)cc1Cl. The zero-order valence-corrected chi connectivity index (χ0v) is 14.9. The Hall–Kier alpha value is -1.76. The Bertz CT molecular complexity index is 847. The third-order valence-electron chi connectivity index (χ3n) is 4.24. The van der Waals surface area contributed by atoms with Crippen molar-refractivity contribution in [3.8, 4) is 5.75 Å². The monoisotopic (exact) mass is 366 g/mol. The molecule has 0 unspecified atom stereocenters. The first-order valence-corrected chi connectivity index (χ1v) is 9.50. The lowest BCUT2D eigenvalue weighted by Gasteiger charge is -2.35. The lowest BCUT2D eigenvalue weighted by atomic mass is 10.2. The van der Waals surface area contributed by atoms with E-state index in [-0.39, 0.29) is 10.6 Å². The van der Waals surface area contributed by atoms with Gasteiger partial charge in [-0.05, 0) is 36.8 Å². The molecule has 1 saturated heterocycles. The summed E-state index contributed by atoms with van der Waals surface area (Å²) in [5, 5.41) is 10.4. The fourth-order valence-electron chi connectivity index (χ4n) is 2.78. The second kappa shape index (κ2) is 6.63. The minimum atomic E-state index is -3.56. The van der Waals surface area contributed by atoms with Crippen LogP contribution in [0.1, 0.15) is 5.56 Å². The van der Waals surface area contributed by atoms with E-state index in [0.717, 1.165) is 11.3 Å². The molecule has 1 aliphatic rings. The van der Waals surface area contributed by atoms with Gasteiger partial charge in [-0.1, -0.05) is 29.8 Å². The predicted octanol–water partition coefficient (Wildman–Crippen LogP) is 2.86. The summed E-state index contributed by atoms with van der Waals surface area (Å²) in [5.74, 6) is 0.208. The van der Waals surface area contributed by atoms with Gasteiger partial charge in [0.25, 0.3) is 0 Å². The summed E-state index contributed by atoms with van der Waals surface area (Å²) in [5.41, 5.74) is 1.58. The summed E-state index contributed by atoms with van der Waals surface area (Å²) < 4.78 is 27.0. The Labute approximate surface area is 147 Å². The van der Waals surface area contributed by atoms with Gasteiger partial charge in [0, 0.05) is 31.2 Å². The molecule has 0 saturated carbocycles. The summed E-state index contributed by atoms with van der Waals surface area (Å²) in [7, 11) is -3.56. The standard InChI is InChI=1S/C17H19ClN2O3S/c1-13-6-7-14(12-15(13)18)24(22,23)20-10-8-19(9-11-20)16-4-2-3-5-17(16)21/h2-7,12,21H,8-11H2,1H3. The number of benzene rings is 2. The van der Waals surface area contributed by atoms with Gasteiger partial charge in [0.2, 0.25) is 10.0 Å². The molecule has 128 valence electrons. The third-order valence-corrected chi connectivity index (χ3v) is 6.54. The number of phenols is 1. The van der Waals surface area contributed by atoms with Crippen molar-refractivity contribution in [1.29, 1.82) is 0 Å². The normalized spacial score (nSPS) is 16.3. The first kappa shape index (κ1) is 17.1. The summed E-state index contributed by atoms with van der Waals surface area (Å²) in [6.45, 7) is 3.61. The number of nitrogens with zero attached hydrogens (tertiary/aromatic N) is 2. The molecule has 1 aliphatic heterocycles. The zero-order chi connectivity index (χ0) is 17.3. The van der Waals surface area contributed by atoms with Crippen LogP contribution in [0.3, 0.4) is 0 Å². The number of aromatic hydroxyl groups is 1. The molecule has 2 aromatic rings. The number of sulfonamides is 1. The van der Waals surface area contributed by atoms with Crippen molar-refractivity contribution < 1.29 is 13.5 Å². The molecule has 1 N–H and O–H groups in total. The van der Waals surface area contributed by atoms with Gasteiger partial charge in [0.1, 0.15) is 5.75 Å². The third kappa shape index (κ3) is 3.22. The van der Waals surface area contributed by atoms with Crippen molar-refractivity contribution in [1.82, 2.24) is 4.31 Å². The van der Waals surface area contributed by atoms with Crippen LogP contribution in [0.15, 0.2) is 47.4 Å². The predicted molar refractivity (Wildman–Crippen MR) is 95.3 cm³/mol. The van der Waals surface area contributed by atoms with Crippen LogP contribution >= 0.6 is 11.6 Å². The van der Waals surface area contributed by atoms with Gasteiger partial charge in [-0.3, -0.25) is 0 Å². The first-order chi connectivity index (χ1) is 11.4. The molecule has 0 atom stereocenters. The van der Waals surface area contributed by atoms with E-state index in [4.69, 9.17) is 11.6 Å². The highest BCUT2D eigenvalue weighted by Gasteiger charge is 2.29. The topological polar surface area (TPSA) is 60.9 Å². The summed E-state index contributed by atoms with van der Waals surface area (Å²) in [6, 6.07) is 11.9. The van der Waals surface area contributed by atoms with Crippen LogP contribution in [0.2, 0.25) is 5.02 Å². The first-order valence-electron chi connectivity index (χ1n) is 7.69. The smallest absolute Gasteiger partial charge is 0.243 e. The minimum absolute atomic E-state index is 0.208. The number of aryl methyl sites for hydroxylation is 1. The fraction of sp³-hybridized carbons (Fsp3) is 0.294. The van der Waals surface area contributed by atoms with Crippen molar-refractivity contribution in [2.45, 2.75) is 11.8 Å². The van der Waals surface area contributed by atoms with Crippen LogP contribution in [0.25, 0.3) is 0 Å². The average Bonchev–Trinajstić information content (AvgIpc) is 2.58. The second-order valence-electron chi connectivity index (χ2n) is 5.79. The van der Waals surface area contributed by atoms with Gasteiger partial charge in [-0.2, -0.15) is 4.31 Å². The highest BCUT2D eigenvalue weighted by Crippen LogP contribution is 2.29. The lowest BCUT2D eigenvalue weighted by molar-refractivity contribution is 0.382. The van der Waals surface area contributed by atoms with Gasteiger partial charge in [0.15, 0.2) is 0 Å². The Kier molecular flexibility index (Phi) is 4.71. The van der Waals surface area contributed by atoms with Gasteiger partial charge >= 0.3 is 0 Å². The van der Waals surface area contributed by atoms with E-state index in [1.54, 1.807) is 24.3 Å². The van der Waals surface area contributed by atoms with Gasteiger partial charge in [-0.25, -0.2) is 8.42 Å². The quantitative estimate of drug-likeness (QED) is 0.907. The molecule has 7 heteroatoms. The van der Waals surface area contributed by atoms with E-state index in [9.17, 15) is 13.5 Å². The molecule has 1 heterocycles. The average molecular weight is 367 g/mol. The van der Waals surface area contributed by atoms with Crippen molar-refractivity contribution in [2.24, 2.45) is 0 Å². The molecule has 1 fully saturated rings. The molecule has 0 aliphatic carbocycles. The maximum Gasteiger partial charge on any atom is 0.243 e. The summed E-state index contributed by atoms with van der Waals surface area (Å²) >= 11 is 6.06. The van der Waals surface area contributed by atoms with Crippen LogP contribution in [-0.4, -0.2) is 44.0 Å². The molecule has 5 nitrogen and oxygen atoms in total. The van der Waals surface area contributed by atoms with Gasteiger partial charge in [0.05, 0.1) is 10.6 Å². The van der Waals surface area contributed by atoms with Crippen molar-refractivity contribution in [3.05, 3.63) is 53.1 Å². The van der Waals surface area contributed by atoms with Crippen LogP contribution in [-0.2, 0) is 10.0 Å². The number of anilines is 1. The van der Waals surface area contributed by atoms with Crippen LogP contribution < -0.4 is 4.90 Å². The molecule has 0 bridgehead atoms. The molecule has 0 radical (unpaired) electrons. The van der Waals surface area contributed by atoms with E-state index in [0.29, 0.717) is 31.2 Å². The molecule has 0 aromatic heterocycles. The van der Waals surface area contributed by atoms with E-state index < -0.39 is 10.0 Å². The van der Waals surface area contributed by atoms with Crippen molar-refractivity contribution >= 4 is 27.3 Å². The zero-order valence-electron chi connectivity index (χ0n) is 13.3. The Morgan fingerprint density at radius 3 is 2.33 bits per heavy atom. The summed E-state index contributed by atoms with van der Waals surface area (Å²) in [4.78, 5) is 2.21. The second-order valence-corrected chi connectivity index (χ2v) is 8.14. The van der Waals surface area contributed by atoms with Gasteiger partial charge in [-0.15, -0.1) is 0 Å². The largest absolute Gasteiger partial charge is 0.506 e. The minimum Gasteiger partial charge on any atom is -0.506 e. The number of halogens is 1. The Balaban J connectivity index is 1.76. The molecular formula is C17H19ClN2O3S. The van der Waals surface area contributed by atoms with Crippen LogP contribution in [0.4, 0.5) is 5.69 Å². The molecule has 3 rings (SSSR count). The number of hydrogen-bond acceptors (Lipinski definition) is 4. The van der Waals surface area contributed by atoms with Crippen LogP contribution in [0, 0.1) is 6.92 Å². The van der Waals surface area contributed by atoms with E-state index >= 15 is 0 Å². The highest BCUT2D eigenvalue weighted by molar-refractivity contribution is 7.89. The molecule has 24 heavy (non-hydrogen) atoms. The van der Waals surface area contributed by atoms with Crippen LogP contribution in [0.5, 0.6) is 5.75 Å². The highest BCUT2D eigenvalue weighted by atomic mass is 35.5. The van der Waals surface area contributed by atoms with Crippen molar-refractivity contribution in [2.75, 3.05) is 31.1 Å². The Morgan fingerprint density at radius 2 is 1.71 bits per heavy atom. The van der Waals surface area contributed by atoms with E-state index in [1.165, 1.54) is 10.4 Å². The number of piperazine rings is 1. The number of hydrogen-bond donors (Lipinski definition) is 1. The molecule has 0 spiro atoms. The number of para-hydroxylation sites is 2. The lowest BCUT2D eigenvalue weighted by Crippen LogP contribution is -2.48. The van der Waals surface area contributed by atoms with E-state index in [1.807, 2.05) is 24.0 Å². The van der Waals surface area contributed by atoms with E-state index in [2.05, 4.69) is 0 Å². The molecular weight excluding hydrogens is 348 g/mol. The summed E-state index contributed by atoms with van der Waals surface area (Å²) in [6.07, 6.45) is 0. The number of phenolic OH excluding ortho intramolecular Hbond substituents is 1. The Morgan fingerprint density at radius 1 is 1.04 bits per heavy atom. The molecule has 2 aromatic carbocycles.